The number of carbonyl (C=O) groups excluding carboxylic acids is 1. The van der Waals surface area contributed by atoms with Gasteiger partial charge in [0, 0.05) is 23.7 Å². The van der Waals surface area contributed by atoms with E-state index in [9.17, 15) is 9.59 Å². The molecular formula is C21H15N3O3S. The summed E-state index contributed by atoms with van der Waals surface area (Å²) in [5.41, 5.74) is 2.97. The molecule has 138 valence electrons. The van der Waals surface area contributed by atoms with E-state index in [-0.39, 0.29) is 11.2 Å². The number of carbonyl (C=O) groups is 1. The molecule has 1 N–H and O–H groups in total. The van der Waals surface area contributed by atoms with Gasteiger partial charge in [0.05, 0.1) is 17.6 Å². The Balaban J connectivity index is 1.36. The number of aliphatic imine (C=N–C) groups is 1. The van der Waals surface area contributed by atoms with E-state index in [0.717, 1.165) is 29.5 Å². The lowest BCUT2D eigenvalue weighted by Gasteiger charge is -2.16. The quantitative estimate of drug-likeness (QED) is 0.738. The molecule has 1 amide bonds. The summed E-state index contributed by atoms with van der Waals surface area (Å²) in [6.45, 7) is 1.72. The summed E-state index contributed by atoms with van der Waals surface area (Å²) < 4.78 is 5.59. The Labute approximate surface area is 164 Å². The normalized spacial score (nSPS) is 15.4. The number of hydrogen-bond donors (Lipinski definition) is 1. The lowest BCUT2D eigenvalue weighted by Crippen LogP contribution is -2.19. The summed E-state index contributed by atoms with van der Waals surface area (Å²) in [6, 6.07) is 15.7. The van der Waals surface area contributed by atoms with Crippen LogP contribution in [0, 0.1) is 0 Å². The molecule has 0 aliphatic carbocycles. The lowest BCUT2D eigenvalue weighted by molar-refractivity contribution is 0.0997. The van der Waals surface area contributed by atoms with Crippen LogP contribution in [0.4, 0.5) is 5.69 Å². The molecule has 2 aliphatic heterocycles. The fourth-order valence-electron chi connectivity index (χ4n) is 3.28. The Morgan fingerprint density at radius 1 is 1.14 bits per heavy atom. The van der Waals surface area contributed by atoms with Gasteiger partial charge in [-0.15, -0.1) is 0 Å². The first-order valence-corrected chi connectivity index (χ1v) is 9.70. The van der Waals surface area contributed by atoms with Crippen LogP contribution in [0.15, 0.2) is 74.2 Å². The number of rotatable bonds is 3. The van der Waals surface area contributed by atoms with Crippen LogP contribution in [0.1, 0.15) is 16.1 Å². The van der Waals surface area contributed by atoms with Crippen LogP contribution in [-0.2, 0) is 0 Å². The van der Waals surface area contributed by atoms with E-state index in [2.05, 4.69) is 20.6 Å². The van der Waals surface area contributed by atoms with Crippen molar-refractivity contribution in [3.8, 4) is 0 Å². The second-order valence-electron chi connectivity index (χ2n) is 6.44. The van der Waals surface area contributed by atoms with Gasteiger partial charge in [0.15, 0.2) is 16.4 Å². The van der Waals surface area contributed by atoms with Crippen molar-refractivity contribution in [3.63, 3.8) is 0 Å². The molecule has 0 radical (unpaired) electrons. The summed E-state index contributed by atoms with van der Waals surface area (Å²) in [6.07, 6.45) is 0. The zero-order chi connectivity index (χ0) is 19.1. The number of nitrogens with one attached hydrogen (secondary N) is 1. The zero-order valence-electron chi connectivity index (χ0n) is 14.7. The van der Waals surface area contributed by atoms with Crippen molar-refractivity contribution in [2.75, 3.05) is 18.4 Å². The summed E-state index contributed by atoms with van der Waals surface area (Å²) in [5, 5.41) is 6.37. The number of hydrogen-bond acceptors (Lipinski definition) is 6. The molecule has 28 heavy (non-hydrogen) atoms. The van der Waals surface area contributed by atoms with E-state index < -0.39 is 5.91 Å². The molecule has 6 nitrogen and oxygen atoms in total. The van der Waals surface area contributed by atoms with Crippen molar-refractivity contribution >= 4 is 45.2 Å². The Kier molecular flexibility index (Phi) is 4.02. The standard InChI is InChI=1S/C21H15N3O3S/c25-17-11-19(27-18-4-2-1-3-15(17)18)20(26)23-14-7-5-13(6-8-14)16-12-28-21-22-9-10-24(16)21/h1-8,11-12H,9-10H2,(H,23,26). The number of benzene rings is 2. The number of para-hydroxylation sites is 1. The number of amidine groups is 1. The third-order valence-corrected chi connectivity index (χ3v) is 5.57. The van der Waals surface area contributed by atoms with Gasteiger partial charge in [0.1, 0.15) is 5.58 Å². The average Bonchev–Trinajstić information content (AvgIpc) is 3.32. The lowest BCUT2D eigenvalue weighted by atomic mass is 10.1. The fourth-order valence-corrected chi connectivity index (χ4v) is 4.24. The predicted molar refractivity (Wildman–Crippen MR) is 111 cm³/mol. The summed E-state index contributed by atoms with van der Waals surface area (Å²) in [5.74, 6) is -0.471. The van der Waals surface area contributed by atoms with Crippen molar-refractivity contribution in [3.05, 3.63) is 81.6 Å². The molecular weight excluding hydrogens is 374 g/mol. The first kappa shape index (κ1) is 16.8. The van der Waals surface area contributed by atoms with Gasteiger partial charge < -0.3 is 14.6 Å². The number of fused-ring (bicyclic) bond motifs is 2. The van der Waals surface area contributed by atoms with Gasteiger partial charge >= 0.3 is 0 Å². The largest absolute Gasteiger partial charge is 0.451 e. The van der Waals surface area contributed by atoms with Crippen LogP contribution in [0.3, 0.4) is 0 Å². The molecule has 0 spiro atoms. The molecule has 3 aromatic rings. The second kappa shape index (κ2) is 6.69. The van der Waals surface area contributed by atoms with Gasteiger partial charge in [-0.1, -0.05) is 36.0 Å². The third-order valence-electron chi connectivity index (χ3n) is 4.67. The van der Waals surface area contributed by atoms with E-state index in [1.807, 2.05) is 24.3 Å². The highest BCUT2D eigenvalue weighted by atomic mass is 32.2. The molecule has 7 heteroatoms. The summed E-state index contributed by atoms with van der Waals surface area (Å²) >= 11 is 1.63. The highest BCUT2D eigenvalue weighted by molar-refractivity contribution is 8.16. The maximum absolute atomic E-state index is 12.5. The fraction of sp³-hybridized carbons (Fsp3) is 0.0952. The van der Waals surface area contributed by atoms with Crippen LogP contribution in [-0.4, -0.2) is 29.1 Å². The van der Waals surface area contributed by atoms with E-state index in [1.165, 1.54) is 6.07 Å². The van der Waals surface area contributed by atoms with Crippen LogP contribution in [0.5, 0.6) is 0 Å². The van der Waals surface area contributed by atoms with Gasteiger partial charge in [-0.2, -0.15) is 0 Å². The van der Waals surface area contributed by atoms with Crippen molar-refractivity contribution in [1.29, 1.82) is 0 Å². The Bertz CT molecular complexity index is 1210. The van der Waals surface area contributed by atoms with Crippen LogP contribution >= 0.6 is 11.8 Å². The van der Waals surface area contributed by atoms with Crippen LogP contribution < -0.4 is 10.7 Å². The van der Waals surface area contributed by atoms with E-state index in [0.29, 0.717) is 16.7 Å². The Hall–Kier alpha value is -3.32. The predicted octanol–water partition coefficient (Wildman–Crippen LogP) is 3.76. The molecule has 3 heterocycles. The minimum atomic E-state index is -0.458. The van der Waals surface area contributed by atoms with E-state index in [1.54, 1.807) is 36.0 Å². The van der Waals surface area contributed by atoms with E-state index >= 15 is 0 Å². The van der Waals surface area contributed by atoms with E-state index in [4.69, 9.17) is 4.42 Å². The Morgan fingerprint density at radius 3 is 2.82 bits per heavy atom. The molecule has 0 atom stereocenters. The summed E-state index contributed by atoms with van der Waals surface area (Å²) in [4.78, 5) is 31.3. The van der Waals surface area contributed by atoms with Crippen LogP contribution in [0.25, 0.3) is 16.7 Å². The molecule has 0 fully saturated rings. The third kappa shape index (κ3) is 2.90. The summed E-state index contributed by atoms with van der Waals surface area (Å²) in [7, 11) is 0. The number of thioether (sulfide) groups is 1. The molecule has 0 unspecified atom stereocenters. The van der Waals surface area contributed by atoms with Gasteiger partial charge in [0.25, 0.3) is 5.91 Å². The Morgan fingerprint density at radius 2 is 1.96 bits per heavy atom. The minimum absolute atomic E-state index is 0.0133. The molecule has 1 aromatic heterocycles. The molecule has 0 bridgehead atoms. The monoisotopic (exact) mass is 389 g/mol. The number of anilines is 1. The van der Waals surface area contributed by atoms with Crippen LogP contribution in [0.2, 0.25) is 0 Å². The average molecular weight is 389 g/mol. The highest BCUT2D eigenvalue weighted by Crippen LogP contribution is 2.35. The SMILES string of the molecule is O=C(Nc1ccc(C2=CSC3=NCCN23)cc1)c1cc(=O)c2ccccc2o1. The molecule has 2 aromatic carbocycles. The molecule has 0 saturated heterocycles. The van der Waals surface area contributed by atoms with Gasteiger partial charge in [0.2, 0.25) is 0 Å². The first-order chi connectivity index (χ1) is 13.7. The van der Waals surface area contributed by atoms with Gasteiger partial charge in [-0.3, -0.25) is 14.6 Å². The molecule has 0 saturated carbocycles. The smallest absolute Gasteiger partial charge is 0.291 e. The number of amides is 1. The van der Waals surface area contributed by atoms with Crippen molar-refractivity contribution in [1.82, 2.24) is 4.90 Å². The second-order valence-corrected chi connectivity index (χ2v) is 7.28. The van der Waals surface area contributed by atoms with Crippen molar-refractivity contribution in [2.45, 2.75) is 0 Å². The maximum Gasteiger partial charge on any atom is 0.291 e. The number of nitrogens with zero attached hydrogens (tertiary/aromatic N) is 2. The van der Waals surface area contributed by atoms with Gasteiger partial charge in [-0.25, -0.2) is 0 Å². The molecule has 5 rings (SSSR count). The first-order valence-electron chi connectivity index (χ1n) is 8.82. The zero-order valence-corrected chi connectivity index (χ0v) is 15.5. The minimum Gasteiger partial charge on any atom is -0.451 e. The van der Waals surface area contributed by atoms with Gasteiger partial charge in [-0.05, 0) is 29.8 Å². The highest BCUT2D eigenvalue weighted by Gasteiger charge is 2.26. The van der Waals surface area contributed by atoms with Crippen molar-refractivity contribution < 1.29 is 9.21 Å². The van der Waals surface area contributed by atoms with Crippen molar-refractivity contribution in [2.24, 2.45) is 4.99 Å². The maximum atomic E-state index is 12.5. The molecule has 2 aliphatic rings. The topological polar surface area (TPSA) is 74.9 Å².